The standard InChI is InChI=1S/C16H14N6O3/c1-21-11-4-2-3-5-12(11)25-9-10(16(21)24)18-15(23)14-19-13-8-17-6-7-22(13)20-14/h2-8,10H,9H2,1H3,(H,18,23)/t10-/m0/s1. The monoisotopic (exact) mass is 338 g/mol. The summed E-state index contributed by atoms with van der Waals surface area (Å²) in [5.74, 6) is -0.272. The number of hydrogen-bond donors (Lipinski definition) is 1. The number of carbonyl (C=O) groups is 2. The number of para-hydroxylation sites is 2. The number of fused-ring (bicyclic) bond motifs is 2. The number of nitrogens with one attached hydrogen (secondary N) is 1. The number of likely N-dealkylation sites (N-methyl/N-ethyl adjacent to an activating group) is 1. The van der Waals surface area contributed by atoms with Crippen LogP contribution in [-0.2, 0) is 4.79 Å². The predicted octanol–water partition coefficient (Wildman–Crippen LogP) is 0.278. The van der Waals surface area contributed by atoms with Crippen molar-refractivity contribution in [2.24, 2.45) is 0 Å². The van der Waals surface area contributed by atoms with Crippen molar-refractivity contribution >= 4 is 23.1 Å². The minimum Gasteiger partial charge on any atom is -0.489 e. The van der Waals surface area contributed by atoms with Crippen molar-refractivity contribution in [2.75, 3.05) is 18.6 Å². The van der Waals surface area contributed by atoms with E-state index >= 15 is 0 Å². The van der Waals surface area contributed by atoms with Gasteiger partial charge in [-0.25, -0.2) is 9.50 Å². The number of anilines is 1. The third-order valence-electron chi connectivity index (χ3n) is 3.91. The Balaban J connectivity index is 1.56. The van der Waals surface area contributed by atoms with Gasteiger partial charge in [0.2, 0.25) is 5.82 Å². The van der Waals surface area contributed by atoms with Crippen LogP contribution in [0.25, 0.3) is 5.65 Å². The van der Waals surface area contributed by atoms with E-state index in [1.807, 2.05) is 12.1 Å². The van der Waals surface area contributed by atoms with Gasteiger partial charge in [0.15, 0.2) is 5.65 Å². The van der Waals surface area contributed by atoms with Crippen molar-refractivity contribution < 1.29 is 14.3 Å². The van der Waals surface area contributed by atoms with Crippen LogP contribution in [0.15, 0.2) is 42.9 Å². The first-order valence-electron chi connectivity index (χ1n) is 7.60. The van der Waals surface area contributed by atoms with Crippen LogP contribution in [0.1, 0.15) is 10.6 Å². The van der Waals surface area contributed by atoms with Gasteiger partial charge in [0.1, 0.15) is 18.4 Å². The number of benzene rings is 1. The van der Waals surface area contributed by atoms with Gasteiger partial charge in [0.05, 0.1) is 11.9 Å². The number of aromatic nitrogens is 4. The van der Waals surface area contributed by atoms with E-state index in [0.29, 0.717) is 17.1 Å². The second-order valence-electron chi connectivity index (χ2n) is 5.52. The first-order chi connectivity index (χ1) is 12.1. The van der Waals surface area contributed by atoms with Crippen molar-refractivity contribution in [3.05, 3.63) is 48.7 Å². The van der Waals surface area contributed by atoms with Gasteiger partial charge in [-0.05, 0) is 12.1 Å². The van der Waals surface area contributed by atoms with E-state index in [0.717, 1.165) is 0 Å². The molecule has 1 aliphatic heterocycles. The topological polar surface area (TPSA) is 102 Å². The zero-order chi connectivity index (χ0) is 17.4. The maximum absolute atomic E-state index is 12.6. The molecule has 0 radical (unpaired) electrons. The number of nitrogens with zero attached hydrogens (tertiary/aromatic N) is 5. The van der Waals surface area contributed by atoms with Gasteiger partial charge in [0, 0.05) is 19.4 Å². The van der Waals surface area contributed by atoms with Gasteiger partial charge in [0.25, 0.3) is 11.8 Å². The highest BCUT2D eigenvalue weighted by Crippen LogP contribution is 2.29. The molecule has 0 fully saturated rings. The summed E-state index contributed by atoms with van der Waals surface area (Å²) in [6, 6.07) is 6.37. The number of ether oxygens (including phenoxy) is 1. The molecule has 9 heteroatoms. The SMILES string of the molecule is CN1C(=O)[C@@H](NC(=O)c2nc3cnccn3n2)COc2ccccc21. The molecule has 1 aromatic carbocycles. The van der Waals surface area contributed by atoms with Gasteiger partial charge >= 0.3 is 0 Å². The third-order valence-corrected chi connectivity index (χ3v) is 3.91. The molecule has 1 N–H and O–H groups in total. The molecule has 0 unspecified atom stereocenters. The lowest BCUT2D eigenvalue weighted by atomic mass is 10.2. The summed E-state index contributed by atoms with van der Waals surface area (Å²) in [6.45, 7) is 0.0286. The van der Waals surface area contributed by atoms with Crippen LogP contribution in [-0.4, -0.2) is 51.1 Å². The maximum atomic E-state index is 12.6. The van der Waals surface area contributed by atoms with Crippen LogP contribution in [0.2, 0.25) is 0 Å². The molecule has 3 aromatic rings. The van der Waals surface area contributed by atoms with Crippen LogP contribution in [0.5, 0.6) is 5.75 Å². The zero-order valence-electron chi connectivity index (χ0n) is 13.3. The molecule has 25 heavy (non-hydrogen) atoms. The summed E-state index contributed by atoms with van der Waals surface area (Å²) in [6.07, 6.45) is 4.62. The largest absolute Gasteiger partial charge is 0.489 e. The summed E-state index contributed by atoms with van der Waals surface area (Å²) in [5.41, 5.74) is 1.10. The van der Waals surface area contributed by atoms with Crippen LogP contribution >= 0.6 is 0 Å². The van der Waals surface area contributed by atoms with E-state index in [9.17, 15) is 9.59 Å². The summed E-state index contributed by atoms with van der Waals surface area (Å²) in [7, 11) is 1.64. The summed E-state index contributed by atoms with van der Waals surface area (Å²) < 4.78 is 7.10. The number of amides is 2. The summed E-state index contributed by atoms with van der Waals surface area (Å²) in [5, 5.41) is 6.71. The summed E-state index contributed by atoms with van der Waals surface area (Å²) in [4.78, 5) is 34.5. The molecule has 0 saturated carbocycles. The van der Waals surface area contributed by atoms with Gasteiger partial charge in [-0.1, -0.05) is 12.1 Å². The van der Waals surface area contributed by atoms with Gasteiger partial charge < -0.3 is 15.0 Å². The van der Waals surface area contributed by atoms with E-state index in [1.165, 1.54) is 21.8 Å². The normalized spacial score (nSPS) is 16.9. The number of hydrogen-bond acceptors (Lipinski definition) is 6. The van der Waals surface area contributed by atoms with Gasteiger partial charge in [-0.3, -0.25) is 14.6 Å². The molecule has 2 aromatic heterocycles. The lowest BCUT2D eigenvalue weighted by Crippen LogP contribution is -2.49. The fourth-order valence-electron chi connectivity index (χ4n) is 2.62. The molecule has 4 rings (SSSR count). The first-order valence-corrected chi connectivity index (χ1v) is 7.60. The Morgan fingerprint density at radius 3 is 3.04 bits per heavy atom. The fraction of sp³-hybridized carbons (Fsp3) is 0.188. The average molecular weight is 338 g/mol. The maximum Gasteiger partial charge on any atom is 0.291 e. The van der Waals surface area contributed by atoms with Crippen LogP contribution in [0.4, 0.5) is 5.69 Å². The van der Waals surface area contributed by atoms with Gasteiger partial charge in [-0.2, -0.15) is 0 Å². The Hall–Kier alpha value is -3.49. The average Bonchev–Trinajstić information content (AvgIpc) is 3.04. The van der Waals surface area contributed by atoms with Gasteiger partial charge in [-0.15, -0.1) is 5.10 Å². The van der Waals surface area contributed by atoms with Crippen molar-refractivity contribution in [1.82, 2.24) is 24.9 Å². The molecular weight excluding hydrogens is 324 g/mol. The van der Waals surface area contributed by atoms with E-state index < -0.39 is 11.9 Å². The highest BCUT2D eigenvalue weighted by Gasteiger charge is 2.31. The van der Waals surface area contributed by atoms with Crippen molar-refractivity contribution in [3.8, 4) is 5.75 Å². The molecule has 0 bridgehead atoms. The zero-order valence-corrected chi connectivity index (χ0v) is 13.3. The Bertz CT molecular complexity index is 936. The molecular formula is C16H14N6O3. The summed E-state index contributed by atoms with van der Waals surface area (Å²) >= 11 is 0. The Morgan fingerprint density at radius 1 is 1.36 bits per heavy atom. The highest BCUT2D eigenvalue weighted by molar-refractivity contribution is 6.02. The van der Waals surface area contributed by atoms with Crippen molar-refractivity contribution in [1.29, 1.82) is 0 Å². The Kier molecular flexibility index (Phi) is 3.53. The molecule has 0 saturated heterocycles. The highest BCUT2D eigenvalue weighted by atomic mass is 16.5. The molecule has 0 aliphatic carbocycles. The molecule has 1 atom stereocenters. The molecule has 9 nitrogen and oxygen atoms in total. The van der Waals surface area contributed by atoms with Crippen LogP contribution < -0.4 is 15.0 Å². The van der Waals surface area contributed by atoms with E-state index in [-0.39, 0.29) is 18.3 Å². The van der Waals surface area contributed by atoms with Crippen molar-refractivity contribution in [3.63, 3.8) is 0 Å². The molecule has 2 amide bonds. The Morgan fingerprint density at radius 2 is 2.20 bits per heavy atom. The second-order valence-corrected chi connectivity index (χ2v) is 5.52. The predicted molar refractivity (Wildman–Crippen MR) is 87.4 cm³/mol. The van der Waals surface area contributed by atoms with E-state index in [2.05, 4.69) is 20.4 Å². The van der Waals surface area contributed by atoms with Crippen LogP contribution in [0.3, 0.4) is 0 Å². The fourth-order valence-corrected chi connectivity index (χ4v) is 2.62. The third kappa shape index (κ3) is 2.65. The number of carbonyl (C=O) groups excluding carboxylic acids is 2. The molecule has 3 heterocycles. The minimum absolute atomic E-state index is 0.0286. The second kappa shape index (κ2) is 5.86. The first kappa shape index (κ1) is 15.1. The lowest BCUT2D eigenvalue weighted by Gasteiger charge is -2.19. The number of rotatable bonds is 2. The quantitative estimate of drug-likeness (QED) is 0.720. The minimum atomic E-state index is -0.838. The van der Waals surface area contributed by atoms with Crippen LogP contribution in [0, 0.1) is 0 Å². The van der Waals surface area contributed by atoms with E-state index in [4.69, 9.17) is 4.74 Å². The molecule has 1 aliphatic rings. The molecule has 0 spiro atoms. The Labute approximate surface area is 142 Å². The molecule has 126 valence electrons. The van der Waals surface area contributed by atoms with Crippen molar-refractivity contribution in [2.45, 2.75) is 6.04 Å². The lowest BCUT2D eigenvalue weighted by molar-refractivity contribution is -0.120. The smallest absolute Gasteiger partial charge is 0.291 e. The van der Waals surface area contributed by atoms with E-state index in [1.54, 1.807) is 25.4 Å².